The summed E-state index contributed by atoms with van der Waals surface area (Å²) in [4.78, 5) is 0. The molecule has 0 amide bonds. The molecule has 1 aliphatic carbocycles. The van der Waals surface area contributed by atoms with Crippen LogP contribution in [0.4, 0.5) is 0 Å². The molecule has 106 valence electrons. The normalized spacial score (nSPS) is 16.4. The number of benzene rings is 2. The van der Waals surface area contributed by atoms with E-state index in [0.29, 0.717) is 6.54 Å². The lowest BCUT2D eigenvalue weighted by atomic mass is 10.0. The first-order valence-electron chi connectivity index (χ1n) is 7.70. The molecule has 2 heteroatoms. The molecule has 3 rings (SSSR count). The maximum atomic E-state index is 10.2. The Labute approximate surface area is 120 Å². The average Bonchev–Trinajstić information content (AvgIpc) is 3.30. The lowest BCUT2D eigenvalue weighted by Gasteiger charge is -2.13. The van der Waals surface area contributed by atoms with Crippen LogP contribution in [0.5, 0.6) is 0 Å². The molecule has 1 aliphatic rings. The SMILES string of the molecule is OC(CNCCCC1CC1)c1ccc2ccccc2c1. The number of aliphatic hydroxyl groups excluding tert-OH is 1. The molecule has 2 aromatic carbocycles. The first-order chi connectivity index (χ1) is 9.83. The molecule has 0 aliphatic heterocycles. The first kappa shape index (κ1) is 13.6. The molecule has 0 heterocycles. The summed E-state index contributed by atoms with van der Waals surface area (Å²) in [6.45, 7) is 1.66. The van der Waals surface area contributed by atoms with Gasteiger partial charge in [-0.2, -0.15) is 0 Å². The molecule has 0 spiro atoms. The second-order valence-electron chi connectivity index (χ2n) is 5.91. The van der Waals surface area contributed by atoms with Gasteiger partial charge in [0.1, 0.15) is 0 Å². The van der Waals surface area contributed by atoms with Crippen molar-refractivity contribution in [3.05, 3.63) is 48.0 Å². The smallest absolute Gasteiger partial charge is 0.0914 e. The zero-order valence-corrected chi connectivity index (χ0v) is 11.9. The number of hydrogen-bond acceptors (Lipinski definition) is 2. The predicted octanol–water partition coefficient (Wildman–Crippen LogP) is 3.65. The monoisotopic (exact) mass is 269 g/mol. The number of fused-ring (bicyclic) bond motifs is 1. The highest BCUT2D eigenvalue weighted by Gasteiger charge is 2.19. The van der Waals surface area contributed by atoms with Crippen LogP contribution in [0.3, 0.4) is 0 Å². The molecule has 0 radical (unpaired) electrons. The summed E-state index contributed by atoms with van der Waals surface area (Å²) in [5.41, 5.74) is 0.999. The van der Waals surface area contributed by atoms with Crippen LogP contribution in [-0.4, -0.2) is 18.2 Å². The Bertz CT molecular complexity index is 562. The molecule has 0 bridgehead atoms. The zero-order chi connectivity index (χ0) is 13.8. The van der Waals surface area contributed by atoms with Gasteiger partial charge in [0.25, 0.3) is 0 Å². The minimum atomic E-state index is -0.416. The van der Waals surface area contributed by atoms with Crippen molar-refractivity contribution in [3.63, 3.8) is 0 Å². The number of rotatable bonds is 7. The fraction of sp³-hybridized carbons (Fsp3) is 0.444. The molecule has 0 aromatic heterocycles. The average molecular weight is 269 g/mol. The number of aliphatic hydroxyl groups is 1. The lowest BCUT2D eigenvalue weighted by molar-refractivity contribution is 0.175. The van der Waals surface area contributed by atoms with Gasteiger partial charge >= 0.3 is 0 Å². The van der Waals surface area contributed by atoms with Crippen molar-refractivity contribution < 1.29 is 5.11 Å². The fourth-order valence-corrected chi connectivity index (χ4v) is 2.69. The van der Waals surface area contributed by atoms with E-state index in [0.717, 1.165) is 18.0 Å². The second-order valence-corrected chi connectivity index (χ2v) is 5.91. The summed E-state index contributed by atoms with van der Waals surface area (Å²) in [6, 6.07) is 14.5. The predicted molar refractivity (Wildman–Crippen MR) is 83.7 cm³/mol. The third-order valence-corrected chi connectivity index (χ3v) is 4.16. The van der Waals surface area contributed by atoms with E-state index in [9.17, 15) is 5.11 Å². The van der Waals surface area contributed by atoms with Crippen LogP contribution in [0.15, 0.2) is 42.5 Å². The van der Waals surface area contributed by atoms with Crippen LogP contribution in [0.25, 0.3) is 10.8 Å². The highest BCUT2D eigenvalue weighted by atomic mass is 16.3. The van der Waals surface area contributed by atoms with Gasteiger partial charge in [-0.1, -0.05) is 49.2 Å². The van der Waals surface area contributed by atoms with Crippen molar-refractivity contribution in [3.8, 4) is 0 Å². The standard InChI is InChI=1S/C18H23NO/c20-18(13-19-11-3-4-14-7-8-14)17-10-9-15-5-1-2-6-16(15)12-17/h1-2,5-6,9-10,12,14,18-20H,3-4,7-8,11,13H2. The van der Waals surface area contributed by atoms with Gasteiger partial charge in [-0.3, -0.25) is 0 Å². The molecule has 1 saturated carbocycles. The summed E-state index contributed by atoms with van der Waals surface area (Å²) in [6.07, 6.45) is 5.02. The van der Waals surface area contributed by atoms with Crippen LogP contribution >= 0.6 is 0 Å². The quantitative estimate of drug-likeness (QED) is 0.752. The highest BCUT2D eigenvalue weighted by Crippen LogP contribution is 2.33. The van der Waals surface area contributed by atoms with Gasteiger partial charge in [0.2, 0.25) is 0 Å². The largest absolute Gasteiger partial charge is 0.387 e. The minimum absolute atomic E-state index is 0.416. The molecule has 2 nitrogen and oxygen atoms in total. The van der Waals surface area contributed by atoms with E-state index in [1.807, 2.05) is 18.2 Å². The third kappa shape index (κ3) is 3.59. The molecule has 0 saturated heterocycles. The minimum Gasteiger partial charge on any atom is -0.387 e. The van der Waals surface area contributed by atoms with Gasteiger partial charge in [-0.25, -0.2) is 0 Å². The van der Waals surface area contributed by atoms with Gasteiger partial charge in [-0.15, -0.1) is 0 Å². The Balaban J connectivity index is 1.50. The molecular weight excluding hydrogens is 246 g/mol. The Kier molecular flexibility index (Phi) is 4.34. The van der Waals surface area contributed by atoms with E-state index in [1.54, 1.807) is 0 Å². The van der Waals surface area contributed by atoms with Crippen molar-refractivity contribution >= 4 is 10.8 Å². The van der Waals surface area contributed by atoms with Gasteiger partial charge in [-0.05, 0) is 47.7 Å². The van der Waals surface area contributed by atoms with E-state index < -0.39 is 6.10 Å². The van der Waals surface area contributed by atoms with Crippen LogP contribution < -0.4 is 5.32 Å². The molecule has 20 heavy (non-hydrogen) atoms. The number of hydrogen-bond donors (Lipinski definition) is 2. The molecule has 2 aromatic rings. The van der Waals surface area contributed by atoms with Gasteiger partial charge in [0, 0.05) is 6.54 Å². The van der Waals surface area contributed by atoms with Crippen molar-refractivity contribution in [2.24, 2.45) is 5.92 Å². The Morgan fingerprint density at radius 3 is 2.70 bits per heavy atom. The van der Waals surface area contributed by atoms with E-state index in [1.165, 1.54) is 36.5 Å². The molecule has 2 N–H and O–H groups in total. The topological polar surface area (TPSA) is 32.3 Å². The van der Waals surface area contributed by atoms with E-state index in [4.69, 9.17) is 0 Å². The van der Waals surface area contributed by atoms with Crippen LogP contribution in [-0.2, 0) is 0 Å². The van der Waals surface area contributed by atoms with E-state index >= 15 is 0 Å². The van der Waals surface area contributed by atoms with Crippen molar-refractivity contribution in [2.45, 2.75) is 31.8 Å². The second kappa shape index (κ2) is 6.38. The van der Waals surface area contributed by atoms with E-state index in [-0.39, 0.29) is 0 Å². The number of nitrogens with one attached hydrogen (secondary N) is 1. The van der Waals surface area contributed by atoms with Crippen LogP contribution in [0, 0.1) is 5.92 Å². The summed E-state index contributed by atoms with van der Waals surface area (Å²) in [7, 11) is 0. The molecule has 1 fully saturated rings. The van der Waals surface area contributed by atoms with Gasteiger partial charge in [0.15, 0.2) is 0 Å². The molecular formula is C18H23NO. The van der Waals surface area contributed by atoms with Crippen molar-refractivity contribution in [1.82, 2.24) is 5.32 Å². The summed E-state index contributed by atoms with van der Waals surface area (Å²) >= 11 is 0. The highest BCUT2D eigenvalue weighted by molar-refractivity contribution is 5.83. The lowest BCUT2D eigenvalue weighted by Crippen LogP contribution is -2.22. The van der Waals surface area contributed by atoms with Gasteiger partial charge in [0.05, 0.1) is 6.10 Å². The summed E-state index contributed by atoms with van der Waals surface area (Å²) in [5.74, 6) is 1.00. The Hall–Kier alpha value is -1.38. The Morgan fingerprint density at radius 2 is 1.90 bits per heavy atom. The zero-order valence-electron chi connectivity index (χ0n) is 11.9. The summed E-state index contributed by atoms with van der Waals surface area (Å²) in [5, 5.41) is 16.0. The van der Waals surface area contributed by atoms with Crippen LogP contribution in [0.2, 0.25) is 0 Å². The van der Waals surface area contributed by atoms with Gasteiger partial charge < -0.3 is 10.4 Å². The molecule has 1 atom stereocenters. The van der Waals surface area contributed by atoms with E-state index in [2.05, 4.69) is 29.6 Å². The third-order valence-electron chi connectivity index (χ3n) is 4.16. The van der Waals surface area contributed by atoms with Crippen molar-refractivity contribution in [2.75, 3.05) is 13.1 Å². The van der Waals surface area contributed by atoms with Crippen LogP contribution in [0.1, 0.15) is 37.4 Å². The summed E-state index contributed by atoms with van der Waals surface area (Å²) < 4.78 is 0. The Morgan fingerprint density at radius 1 is 1.10 bits per heavy atom. The maximum Gasteiger partial charge on any atom is 0.0914 e. The fourth-order valence-electron chi connectivity index (χ4n) is 2.69. The van der Waals surface area contributed by atoms with Crippen molar-refractivity contribution in [1.29, 1.82) is 0 Å². The maximum absolute atomic E-state index is 10.2. The molecule has 1 unspecified atom stereocenters. The first-order valence-corrected chi connectivity index (χ1v) is 7.70.